The van der Waals surface area contributed by atoms with Crippen LogP contribution in [0.3, 0.4) is 0 Å². The number of nitro groups is 1. The molecule has 0 aliphatic heterocycles. The van der Waals surface area contributed by atoms with Gasteiger partial charge in [0.05, 0.1) is 16.1 Å². The molecule has 0 fully saturated rings. The number of nitrogens with one attached hydrogen (secondary N) is 1. The Kier molecular flexibility index (Phi) is 7.14. The van der Waals surface area contributed by atoms with Gasteiger partial charge in [0.25, 0.3) is 11.2 Å². The summed E-state index contributed by atoms with van der Waals surface area (Å²) in [7, 11) is 0. The van der Waals surface area contributed by atoms with Gasteiger partial charge in [-0.2, -0.15) is 0 Å². The predicted octanol–water partition coefficient (Wildman–Crippen LogP) is 5.08. The van der Waals surface area contributed by atoms with Crippen LogP contribution in [-0.4, -0.2) is 26.1 Å². The maximum atomic E-state index is 13.4. The second-order valence-electron chi connectivity index (χ2n) is 8.16. The number of carbonyl (C=O) groups excluding carboxylic acids is 1. The fourth-order valence-electron chi connectivity index (χ4n) is 4.16. The molecule has 0 saturated heterocycles. The first-order valence-electron chi connectivity index (χ1n) is 11.1. The average molecular weight is 487 g/mol. The molecular weight excluding hydrogens is 460 g/mol. The number of amides is 1. The summed E-state index contributed by atoms with van der Waals surface area (Å²) in [5.74, 6) is -0.372. The lowest BCUT2D eigenvalue weighted by molar-refractivity contribution is -0.384. The third-order valence-corrected chi connectivity index (χ3v) is 7.98. The number of para-hydroxylation sites is 1. The number of anilines is 1. The molecular formula is C23H26N4O4S2. The van der Waals surface area contributed by atoms with Crippen molar-refractivity contribution in [2.24, 2.45) is 0 Å². The van der Waals surface area contributed by atoms with Gasteiger partial charge in [-0.1, -0.05) is 43.7 Å². The number of carbonyl (C=O) groups is 1. The number of thiophene rings is 1. The van der Waals surface area contributed by atoms with Gasteiger partial charge in [0.15, 0.2) is 5.16 Å². The number of nitro benzene ring substituents is 1. The molecule has 1 aliphatic carbocycles. The molecule has 0 spiro atoms. The molecule has 33 heavy (non-hydrogen) atoms. The summed E-state index contributed by atoms with van der Waals surface area (Å²) in [5.41, 5.74) is 1.81. The number of aryl methyl sites for hydroxylation is 3. The first kappa shape index (κ1) is 23.4. The summed E-state index contributed by atoms with van der Waals surface area (Å²) in [5, 5.41) is 15.3. The van der Waals surface area contributed by atoms with E-state index in [1.807, 2.05) is 0 Å². The van der Waals surface area contributed by atoms with Crippen LogP contribution in [0.1, 0.15) is 48.6 Å². The number of rotatable bonds is 9. The fraction of sp³-hybridized carbons (Fsp3) is 0.435. The summed E-state index contributed by atoms with van der Waals surface area (Å²) in [6.45, 7) is 4.39. The molecule has 0 unspecified atom stereocenters. The molecule has 8 nitrogen and oxygen atoms in total. The SMILES string of the molecule is CCCCCn1c(SCC(=O)Nc2c(C)cccc2[N+](=O)[O-])nc2sc3c(c2c1=O)CCC3. The normalized spacial score (nSPS) is 12.8. The highest BCUT2D eigenvalue weighted by molar-refractivity contribution is 7.99. The Morgan fingerprint density at radius 2 is 2.15 bits per heavy atom. The lowest BCUT2D eigenvalue weighted by Crippen LogP contribution is -2.24. The van der Waals surface area contributed by atoms with E-state index in [-0.39, 0.29) is 28.6 Å². The monoisotopic (exact) mass is 486 g/mol. The Morgan fingerprint density at radius 3 is 2.91 bits per heavy atom. The van der Waals surface area contributed by atoms with Crippen molar-refractivity contribution in [3.05, 3.63) is 54.7 Å². The molecule has 0 atom stereocenters. The third kappa shape index (κ3) is 4.81. The molecule has 3 aromatic rings. The smallest absolute Gasteiger partial charge is 0.293 e. The summed E-state index contributed by atoms with van der Waals surface area (Å²) in [6.07, 6.45) is 5.91. The van der Waals surface area contributed by atoms with Crippen LogP contribution < -0.4 is 10.9 Å². The molecule has 0 bridgehead atoms. The zero-order valence-corrected chi connectivity index (χ0v) is 20.3. The Labute approximate surface area is 199 Å². The van der Waals surface area contributed by atoms with E-state index in [2.05, 4.69) is 12.2 Å². The van der Waals surface area contributed by atoms with Crippen molar-refractivity contribution < 1.29 is 9.72 Å². The number of hydrogen-bond acceptors (Lipinski definition) is 7. The maximum Gasteiger partial charge on any atom is 0.293 e. The molecule has 1 aromatic carbocycles. The van der Waals surface area contributed by atoms with Crippen molar-refractivity contribution in [3.63, 3.8) is 0 Å². The number of nitrogens with zero attached hydrogens (tertiary/aromatic N) is 3. The predicted molar refractivity (Wildman–Crippen MR) is 133 cm³/mol. The van der Waals surface area contributed by atoms with Crippen LogP contribution in [0.4, 0.5) is 11.4 Å². The first-order chi connectivity index (χ1) is 15.9. The van der Waals surface area contributed by atoms with Crippen LogP contribution in [0.15, 0.2) is 28.2 Å². The molecule has 1 N–H and O–H groups in total. The van der Waals surface area contributed by atoms with Crippen LogP contribution in [-0.2, 0) is 24.2 Å². The highest BCUT2D eigenvalue weighted by Gasteiger charge is 2.24. The second-order valence-corrected chi connectivity index (χ2v) is 10.2. The van der Waals surface area contributed by atoms with Gasteiger partial charge >= 0.3 is 0 Å². The van der Waals surface area contributed by atoms with Crippen LogP contribution in [0, 0.1) is 17.0 Å². The number of hydrogen-bond donors (Lipinski definition) is 1. The minimum atomic E-state index is -0.507. The van der Waals surface area contributed by atoms with E-state index in [0.29, 0.717) is 17.3 Å². The molecule has 4 rings (SSSR count). The minimum Gasteiger partial charge on any atom is -0.319 e. The minimum absolute atomic E-state index is 0.00228. The Bertz CT molecular complexity index is 1280. The third-order valence-electron chi connectivity index (χ3n) is 5.82. The summed E-state index contributed by atoms with van der Waals surface area (Å²) in [4.78, 5) is 43.7. The highest BCUT2D eigenvalue weighted by Crippen LogP contribution is 2.36. The van der Waals surface area contributed by atoms with Crippen molar-refractivity contribution in [1.29, 1.82) is 0 Å². The van der Waals surface area contributed by atoms with Crippen LogP contribution in [0.2, 0.25) is 0 Å². The summed E-state index contributed by atoms with van der Waals surface area (Å²) in [6, 6.07) is 4.67. The van der Waals surface area contributed by atoms with E-state index < -0.39 is 4.92 Å². The average Bonchev–Trinajstić information content (AvgIpc) is 3.36. The number of benzene rings is 1. The van der Waals surface area contributed by atoms with Gasteiger partial charge in [0.1, 0.15) is 10.5 Å². The number of thioether (sulfide) groups is 1. The Hall–Kier alpha value is -2.72. The van der Waals surface area contributed by atoms with Crippen molar-refractivity contribution in [2.45, 2.75) is 64.1 Å². The van der Waals surface area contributed by atoms with Crippen molar-refractivity contribution in [1.82, 2.24) is 9.55 Å². The van der Waals surface area contributed by atoms with Gasteiger partial charge in [-0.25, -0.2) is 4.98 Å². The van der Waals surface area contributed by atoms with E-state index in [9.17, 15) is 19.7 Å². The van der Waals surface area contributed by atoms with Crippen molar-refractivity contribution in [2.75, 3.05) is 11.1 Å². The molecule has 10 heteroatoms. The first-order valence-corrected chi connectivity index (χ1v) is 12.9. The largest absolute Gasteiger partial charge is 0.319 e. The zero-order valence-electron chi connectivity index (χ0n) is 18.7. The van der Waals surface area contributed by atoms with Gasteiger partial charge in [-0.05, 0) is 43.7 Å². The van der Waals surface area contributed by atoms with E-state index in [4.69, 9.17) is 4.98 Å². The van der Waals surface area contributed by atoms with Crippen LogP contribution in [0.25, 0.3) is 10.2 Å². The van der Waals surface area contributed by atoms with Crippen LogP contribution in [0.5, 0.6) is 0 Å². The van der Waals surface area contributed by atoms with Gasteiger partial charge in [0.2, 0.25) is 5.91 Å². The fourth-order valence-corrected chi connectivity index (χ4v) is 6.29. The van der Waals surface area contributed by atoms with Crippen molar-refractivity contribution in [3.8, 4) is 0 Å². The molecule has 2 heterocycles. The topological polar surface area (TPSA) is 107 Å². The van der Waals surface area contributed by atoms with E-state index in [1.165, 1.54) is 22.7 Å². The summed E-state index contributed by atoms with van der Waals surface area (Å²) < 4.78 is 1.71. The summed E-state index contributed by atoms with van der Waals surface area (Å²) >= 11 is 2.78. The zero-order chi connectivity index (χ0) is 23.5. The Morgan fingerprint density at radius 1 is 1.33 bits per heavy atom. The highest BCUT2D eigenvalue weighted by atomic mass is 32.2. The number of unbranched alkanes of at least 4 members (excludes halogenated alkanes) is 2. The van der Waals surface area contributed by atoms with E-state index in [1.54, 1.807) is 35.0 Å². The molecule has 0 saturated carbocycles. The number of aromatic nitrogens is 2. The molecule has 2 aromatic heterocycles. The molecule has 174 valence electrons. The molecule has 1 amide bonds. The Balaban J connectivity index is 1.59. The lowest BCUT2D eigenvalue weighted by atomic mass is 10.1. The second kappa shape index (κ2) is 10.0. The van der Waals surface area contributed by atoms with Gasteiger partial charge in [0, 0.05) is 17.5 Å². The van der Waals surface area contributed by atoms with Gasteiger partial charge < -0.3 is 5.32 Å². The molecule has 0 radical (unpaired) electrons. The van der Waals surface area contributed by atoms with Crippen LogP contribution >= 0.6 is 23.1 Å². The quantitative estimate of drug-likeness (QED) is 0.149. The van der Waals surface area contributed by atoms with Gasteiger partial charge in [-0.15, -0.1) is 11.3 Å². The van der Waals surface area contributed by atoms with E-state index in [0.717, 1.165) is 54.3 Å². The van der Waals surface area contributed by atoms with Gasteiger partial charge in [-0.3, -0.25) is 24.3 Å². The number of fused-ring (bicyclic) bond motifs is 3. The maximum absolute atomic E-state index is 13.4. The van der Waals surface area contributed by atoms with Crippen molar-refractivity contribution >= 4 is 50.6 Å². The lowest BCUT2D eigenvalue weighted by Gasteiger charge is -2.13. The standard InChI is InChI=1S/C23H26N4O4S2/c1-3-4-5-12-26-22(29)19-15-9-7-11-17(15)33-21(19)25-23(26)32-13-18(28)24-20-14(2)8-6-10-16(20)27(30)31/h6,8,10H,3-5,7,9,11-13H2,1-2H3,(H,24,28). The van der Waals surface area contributed by atoms with E-state index >= 15 is 0 Å². The molecule has 1 aliphatic rings.